The number of likely N-dealkylation sites (tertiary alicyclic amines) is 1. The number of methoxy groups -OCH3 is 1. The van der Waals surface area contributed by atoms with Gasteiger partial charge in [0.1, 0.15) is 5.82 Å². The smallest absolute Gasteiger partial charge is 0.255 e. The normalized spacial score (nSPS) is 15.8. The summed E-state index contributed by atoms with van der Waals surface area (Å²) in [5, 5.41) is 0. The average molecular weight is 330 g/mol. The molecule has 4 nitrogen and oxygen atoms in total. The molecule has 0 bridgehead atoms. The van der Waals surface area contributed by atoms with Gasteiger partial charge in [-0.2, -0.15) is 0 Å². The van der Waals surface area contributed by atoms with Crippen LogP contribution in [-0.4, -0.2) is 41.7 Å². The van der Waals surface area contributed by atoms with E-state index in [4.69, 9.17) is 4.74 Å². The van der Waals surface area contributed by atoms with Crippen LogP contribution < -0.4 is 0 Å². The van der Waals surface area contributed by atoms with Gasteiger partial charge in [-0.25, -0.2) is 4.39 Å². The second-order valence-electron chi connectivity index (χ2n) is 6.30. The monoisotopic (exact) mass is 330 g/mol. The lowest BCUT2D eigenvalue weighted by molar-refractivity contribution is 0.0350. The number of amides is 1. The number of ether oxygens (including phenoxy) is 1. The molecule has 128 valence electrons. The Morgan fingerprint density at radius 2 is 1.88 bits per heavy atom. The molecule has 0 saturated carbocycles. The quantitative estimate of drug-likeness (QED) is 0.863. The summed E-state index contributed by atoms with van der Waals surface area (Å²) in [6.07, 6.45) is 1.95. The van der Waals surface area contributed by atoms with Gasteiger partial charge in [0.15, 0.2) is 0 Å². The number of aryl methyl sites for hydroxylation is 1. The minimum atomic E-state index is -0.292. The molecule has 0 spiro atoms. The highest BCUT2D eigenvalue weighted by Gasteiger charge is 2.26. The van der Waals surface area contributed by atoms with Crippen LogP contribution in [0.25, 0.3) is 5.69 Å². The number of carbonyl (C=O) groups excluding carboxylic acids is 1. The van der Waals surface area contributed by atoms with Crippen LogP contribution in [0.4, 0.5) is 4.39 Å². The first kappa shape index (κ1) is 16.7. The molecule has 0 atom stereocenters. The second kappa shape index (κ2) is 6.77. The van der Waals surface area contributed by atoms with Crippen LogP contribution in [-0.2, 0) is 4.74 Å². The zero-order chi connectivity index (χ0) is 17.3. The SMILES string of the molecule is COC1CCN(C(=O)c2cc(C)n(-c3ccccc3F)c2C)CC1. The molecule has 3 rings (SSSR count). The molecule has 1 aromatic carbocycles. The number of halogens is 1. The molecule has 0 N–H and O–H groups in total. The van der Waals surface area contributed by atoms with E-state index >= 15 is 0 Å². The lowest BCUT2D eigenvalue weighted by Gasteiger charge is -2.31. The van der Waals surface area contributed by atoms with E-state index in [1.807, 2.05) is 29.4 Å². The minimum Gasteiger partial charge on any atom is -0.381 e. The van der Waals surface area contributed by atoms with Gasteiger partial charge in [0, 0.05) is 31.6 Å². The maximum absolute atomic E-state index is 14.2. The van der Waals surface area contributed by atoms with Crippen molar-refractivity contribution in [1.82, 2.24) is 9.47 Å². The lowest BCUT2D eigenvalue weighted by Crippen LogP contribution is -2.40. The molecular formula is C19H23FN2O2. The summed E-state index contributed by atoms with van der Waals surface area (Å²) in [5.41, 5.74) is 2.75. The van der Waals surface area contributed by atoms with Crippen LogP contribution in [0.3, 0.4) is 0 Å². The van der Waals surface area contributed by atoms with E-state index in [9.17, 15) is 9.18 Å². The molecule has 0 radical (unpaired) electrons. The summed E-state index contributed by atoms with van der Waals surface area (Å²) in [7, 11) is 1.71. The van der Waals surface area contributed by atoms with Crippen LogP contribution in [0, 0.1) is 19.7 Å². The fourth-order valence-electron chi connectivity index (χ4n) is 3.45. The van der Waals surface area contributed by atoms with E-state index in [-0.39, 0.29) is 17.8 Å². The van der Waals surface area contributed by atoms with E-state index in [1.54, 1.807) is 25.3 Å². The fraction of sp³-hybridized carbons (Fsp3) is 0.421. The van der Waals surface area contributed by atoms with Crippen LogP contribution in [0.5, 0.6) is 0 Å². The predicted molar refractivity (Wildman–Crippen MR) is 91.1 cm³/mol. The maximum Gasteiger partial charge on any atom is 0.255 e. The summed E-state index contributed by atoms with van der Waals surface area (Å²) in [6.45, 7) is 5.16. The van der Waals surface area contributed by atoms with Gasteiger partial charge in [0.2, 0.25) is 0 Å². The molecule has 1 saturated heterocycles. The van der Waals surface area contributed by atoms with Crippen molar-refractivity contribution in [3.05, 3.63) is 53.1 Å². The summed E-state index contributed by atoms with van der Waals surface area (Å²) >= 11 is 0. The molecule has 0 aliphatic carbocycles. The van der Waals surface area contributed by atoms with Crippen molar-refractivity contribution in [2.45, 2.75) is 32.8 Å². The highest BCUT2D eigenvalue weighted by Crippen LogP contribution is 2.25. The standard InChI is InChI=1S/C19H23FN2O2/c1-13-12-16(19(23)21-10-8-15(24-3)9-11-21)14(2)22(13)18-7-5-4-6-17(18)20/h4-7,12,15H,8-11H2,1-3H3. The van der Waals surface area contributed by atoms with Gasteiger partial charge in [-0.1, -0.05) is 12.1 Å². The first-order valence-corrected chi connectivity index (χ1v) is 8.29. The Kier molecular flexibility index (Phi) is 4.71. The second-order valence-corrected chi connectivity index (χ2v) is 6.30. The number of nitrogens with zero attached hydrogens (tertiary/aromatic N) is 2. The number of rotatable bonds is 3. The zero-order valence-corrected chi connectivity index (χ0v) is 14.4. The summed E-state index contributed by atoms with van der Waals surface area (Å²) in [5.74, 6) is -0.278. The third-order valence-corrected chi connectivity index (χ3v) is 4.82. The number of hydrogen-bond acceptors (Lipinski definition) is 2. The minimum absolute atomic E-state index is 0.0141. The Hall–Kier alpha value is -2.14. The summed E-state index contributed by atoms with van der Waals surface area (Å²) < 4.78 is 21.3. The average Bonchev–Trinajstić information content (AvgIpc) is 2.89. The molecule has 24 heavy (non-hydrogen) atoms. The topological polar surface area (TPSA) is 34.5 Å². The lowest BCUT2D eigenvalue weighted by atomic mass is 10.1. The van der Waals surface area contributed by atoms with Crippen molar-refractivity contribution < 1.29 is 13.9 Å². The molecule has 0 unspecified atom stereocenters. The molecule has 1 aromatic heterocycles. The summed E-state index contributed by atoms with van der Waals surface area (Å²) in [6, 6.07) is 8.48. The number of carbonyl (C=O) groups is 1. The zero-order valence-electron chi connectivity index (χ0n) is 14.4. The van der Waals surface area contributed by atoms with E-state index < -0.39 is 0 Å². The Labute approximate surface area is 141 Å². The Morgan fingerprint density at radius 3 is 2.50 bits per heavy atom. The van der Waals surface area contributed by atoms with E-state index in [1.165, 1.54) is 6.07 Å². The van der Waals surface area contributed by atoms with Gasteiger partial charge in [-0.05, 0) is 44.9 Å². The fourth-order valence-corrected chi connectivity index (χ4v) is 3.45. The largest absolute Gasteiger partial charge is 0.381 e. The molecular weight excluding hydrogens is 307 g/mol. The Bertz CT molecular complexity index is 746. The van der Waals surface area contributed by atoms with Gasteiger partial charge >= 0.3 is 0 Å². The Balaban J connectivity index is 1.89. The van der Waals surface area contributed by atoms with Crippen molar-refractivity contribution in [2.24, 2.45) is 0 Å². The van der Waals surface area contributed by atoms with Gasteiger partial charge in [-0.15, -0.1) is 0 Å². The number of para-hydroxylation sites is 1. The molecule has 1 fully saturated rings. The van der Waals surface area contributed by atoms with E-state index in [2.05, 4.69) is 0 Å². The van der Waals surface area contributed by atoms with Crippen LogP contribution in [0.1, 0.15) is 34.6 Å². The highest BCUT2D eigenvalue weighted by atomic mass is 19.1. The number of aromatic nitrogens is 1. The van der Waals surface area contributed by atoms with Crippen molar-refractivity contribution >= 4 is 5.91 Å². The van der Waals surface area contributed by atoms with Crippen LogP contribution in [0.15, 0.2) is 30.3 Å². The predicted octanol–water partition coefficient (Wildman–Crippen LogP) is 3.48. The first-order valence-electron chi connectivity index (χ1n) is 8.29. The summed E-state index contributed by atoms with van der Waals surface area (Å²) in [4.78, 5) is 14.7. The van der Waals surface area contributed by atoms with Gasteiger partial charge < -0.3 is 14.2 Å². The Morgan fingerprint density at radius 1 is 1.21 bits per heavy atom. The first-order chi connectivity index (χ1) is 11.5. The van der Waals surface area contributed by atoms with Crippen LogP contribution >= 0.6 is 0 Å². The van der Waals surface area contributed by atoms with Crippen molar-refractivity contribution in [3.8, 4) is 5.69 Å². The number of benzene rings is 1. The third-order valence-electron chi connectivity index (χ3n) is 4.82. The highest BCUT2D eigenvalue weighted by molar-refractivity contribution is 5.96. The third kappa shape index (κ3) is 2.96. The van der Waals surface area contributed by atoms with Crippen molar-refractivity contribution in [2.75, 3.05) is 20.2 Å². The van der Waals surface area contributed by atoms with Gasteiger partial charge in [-0.3, -0.25) is 4.79 Å². The van der Waals surface area contributed by atoms with Crippen LogP contribution in [0.2, 0.25) is 0 Å². The molecule has 1 aliphatic heterocycles. The maximum atomic E-state index is 14.2. The van der Waals surface area contributed by atoms with Crippen molar-refractivity contribution in [1.29, 1.82) is 0 Å². The number of piperidine rings is 1. The van der Waals surface area contributed by atoms with Gasteiger partial charge in [0.05, 0.1) is 17.4 Å². The van der Waals surface area contributed by atoms with Gasteiger partial charge in [0.25, 0.3) is 5.91 Å². The van der Waals surface area contributed by atoms with E-state index in [0.29, 0.717) is 24.3 Å². The molecule has 1 amide bonds. The molecule has 2 aromatic rings. The van der Waals surface area contributed by atoms with Crippen molar-refractivity contribution in [3.63, 3.8) is 0 Å². The van der Waals surface area contributed by atoms with E-state index in [0.717, 1.165) is 24.2 Å². The molecule has 2 heterocycles. The molecule has 5 heteroatoms. The number of hydrogen-bond donors (Lipinski definition) is 0. The molecule has 1 aliphatic rings.